The van der Waals surface area contributed by atoms with Crippen LogP contribution in [0.5, 0.6) is 5.75 Å². The van der Waals surface area contributed by atoms with Crippen molar-refractivity contribution in [3.8, 4) is 5.75 Å². The minimum absolute atomic E-state index is 0.0138. The summed E-state index contributed by atoms with van der Waals surface area (Å²) in [5, 5.41) is 21.8. The van der Waals surface area contributed by atoms with E-state index < -0.39 is 73.2 Å². The molecular formula is C30H41N7O7. The van der Waals surface area contributed by atoms with E-state index in [9.17, 15) is 33.9 Å². The van der Waals surface area contributed by atoms with Crippen LogP contribution in [0.3, 0.4) is 0 Å². The lowest BCUT2D eigenvalue weighted by Crippen LogP contribution is -2.56. The zero-order valence-electron chi connectivity index (χ0n) is 24.8. The van der Waals surface area contributed by atoms with E-state index in [0.29, 0.717) is 0 Å². The van der Waals surface area contributed by atoms with Crippen molar-refractivity contribution in [2.75, 3.05) is 19.6 Å². The first-order valence-electron chi connectivity index (χ1n) is 14.1. The molecule has 0 aliphatic heterocycles. The fourth-order valence-corrected chi connectivity index (χ4v) is 4.10. The van der Waals surface area contributed by atoms with Crippen molar-refractivity contribution in [2.24, 2.45) is 17.4 Å². The van der Waals surface area contributed by atoms with E-state index in [4.69, 9.17) is 11.5 Å². The van der Waals surface area contributed by atoms with Crippen molar-refractivity contribution < 1.29 is 33.9 Å². The number of phenols is 1. The molecule has 238 valence electrons. The third kappa shape index (κ3) is 13.3. The minimum atomic E-state index is -1.10. The van der Waals surface area contributed by atoms with Gasteiger partial charge >= 0.3 is 0 Å². The second kappa shape index (κ2) is 17.9. The van der Waals surface area contributed by atoms with Gasteiger partial charge in [-0.2, -0.15) is 0 Å². The standard InChI is InChI=1S/C30H41N7O7/c1-18(2)12-23(29(43)34-15-25(32)39)37-30(44)24(14-19-6-4-3-5-7-19)36-27(41)17-33-26(40)16-35-28(42)22(31)13-20-8-10-21(38)11-9-20/h3-11,18,22-24,38H,12-17,31H2,1-2H3,(H2,32,39)(H,33,40)(H,34,43)(H,35,42)(H,36,41)(H,37,44)/t22-,23-,24-/m0/s1. The van der Waals surface area contributed by atoms with Crippen molar-refractivity contribution >= 4 is 35.4 Å². The summed E-state index contributed by atoms with van der Waals surface area (Å²) in [5.74, 6) is -3.77. The Morgan fingerprint density at radius 3 is 1.89 bits per heavy atom. The minimum Gasteiger partial charge on any atom is -0.508 e. The van der Waals surface area contributed by atoms with Gasteiger partial charge in [-0.05, 0) is 42.0 Å². The summed E-state index contributed by atoms with van der Waals surface area (Å²) < 4.78 is 0. The molecule has 6 amide bonds. The second-order valence-electron chi connectivity index (χ2n) is 10.7. The third-order valence-electron chi connectivity index (χ3n) is 6.31. The Balaban J connectivity index is 1.95. The smallest absolute Gasteiger partial charge is 0.243 e. The number of carbonyl (C=O) groups is 6. The number of rotatable bonds is 17. The van der Waals surface area contributed by atoms with E-state index >= 15 is 0 Å². The molecule has 14 heteroatoms. The maximum Gasteiger partial charge on any atom is 0.243 e. The van der Waals surface area contributed by atoms with Crippen molar-refractivity contribution in [1.29, 1.82) is 0 Å². The Morgan fingerprint density at radius 2 is 1.27 bits per heavy atom. The van der Waals surface area contributed by atoms with Crippen molar-refractivity contribution in [3.63, 3.8) is 0 Å². The molecule has 2 aromatic carbocycles. The molecule has 0 bridgehead atoms. The molecule has 14 nitrogen and oxygen atoms in total. The molecule has 3 atom stereocenters. The van der Waals surface area contributed by atoms with Gasteiger partial charge in [0, 0.05) is 6.42 Å². The SMILES string of the molecule is CC(C)C[C@H](NC(=O)[C@H](Cc1ccccc1)NC(=O)CNC(=O)CNC(=O)[C@@H](N)Cc1ccc(O)cc1)C(=O)NCC(N)=O. The van der Waals surface area contributed by atoms with E-state index in [1.54, 1.807) is 42.5 Å². The summed E-state index contributed by atoms with van der Waals surface area (Å²) >= 11 is 0. The van der Waals surface area contributed by atoms with Gasteiger partial charge in [0.05, 0.1) is 25.7 Å². The van der Waals surface area contributed by atoms with Crippen LogP contribution in [0.4, 0.5) is 0 Å². The summed E-state index contributed by atoms with van der Waals surface area (Å²) in [6, 6.07) is 12.1. The Bertz CT molecular complexity index is 1290. The van der Waals surface area contributed by atoms with Gasteiger partial charge in [-0.3, -0.25) is 28.8 Å². The van der Waals surface area contributed by atoms with Crippen LogP contribution in [0.15, 0.2) is 54.6 Å². The Hall–Kier alpha value is -4.98. The zero-order valence-corrected chi connectivity index (χ0v) is 24.8. The van der Waals surface area contributed by atoms with Gasteiger partial charge in [0.2, 0.25) is 35.4 Å². The second-order valence-corrected chi connectivity index (χ2v) is 10.7. The Labute approximate surface area is 255 Å². The fraction of sp³-hybridized carbons (Fsp3) is 0.400. The van der Waals surface area contributed by atoms with Gasteiger partial charge in [-0.25, -0.2) is 0 Å². The van der Waals surface area contributed by atoms with Crippen LogP contribution in [-0.2, 0) is 41.6 Å². The quantitative estimate of drug-likeness (QED) is 0.103. The fourth-order valence-electron chi connectivity index (χ4n) is 4.10. The molecule has 0 saturated carbocycles. The number of aromatic hydroxyl groups is 1. The van der Waals surface area contributed by atoms with Crippen LogP contribution in [0, 0.1) is 5.92 Å². The molecule has 0 spiro atoms. The maximum atomic E-state index is 13.3. The molecule has 0 aliphatic carbocycles. The van der Waals surface area contributed by atoms with Crippen molar-refractivity contribution in [1.82, 2.24) is 26.6 Å². The number of benzene rings is 2. The lowest BCUT2D eigenvalue weighted by molar-refractivity contribution is -0.133. The lowest BCUT2D eigenvalue weighted by atomic mass is 10.0. The zero-order chi connectivity index (χ0) is 32.6. The number of nitrogens with one attached hydrogen (secondary N) is 5. The largest absolute Gasteiger partial charge is 0.508 e. The molecule has 44 heavy (non-hydrogen) atoms. The van der Waals surface area contributed by atoms with Crippen LogP contribution in [0.2, 0.25) is 0 Å². The van der Waals surface area contributed by atoms with Gasteiger partial charge < -0.3 is 43.2 Å². The Kier molecular flexibility index (Phi) is 14.3. The highest BCUT2D eigenvalue weighted by atomic mass is 16.3. The molecule has 0 aromatic heterocycles. The summed E-state index contributed by atoms with van der Waals surface area (Å²) in [5.41, 5.74) is 12.5. The molecule has 0 aliphatic rings. The highest BCUT2D eigenvalue weighted by molar-refractivity contribution is 5.94. The van der Waals surface area contributed by atoms with Crippen LogP contribution in [0.25, 0.3) is 0 Å². The first-order valence-corrected chi connectivity index (χ1v) is 14.1. The van der Waals surface area contributed by atoms with Crippen LogP contribution < -0.4 is 38.1 Å². The first kappa shape index (κ1) is 35.2. The number of phenolic OH excluding ortho intramolecular Hbond substituents is 1. The Morgan fingerprint density at radius 1 is 0.682 bits per heavy atom. The summed E-state index contributed by atoms with van der Waals surface area (Å²) in [6.07, 6.45) is 0.549. The van der Waals surface area contributed by atoms with Gasteiger partial charge in [-0.1, -0.05) is 56.3 Å². The molecule has 0 radical (unpaired) electrons. The number of amides is 6. The molecule has 0 heterocycles. The third-order valence-corrected chi connectivity index (χ3v) is 6.31. The molecule has 0 unspecified atom stereocenters. The van der Waals surface area contributed by atoms with Crippen LogP contribution in [-0.4, -0.2) is 78.3 Å². The van der Waals surface area contributed by atoms with Gasteiger partial charge in [0.15, 0.2) is 0 Å². The summed E-state index contributed by atoms with van der Waals surface area (Å²) in [6.45, 7) is 2.41. The van der Waals surface area contributed by atoms with E-state index in [1.807, 2.05) is 13.8 Å². The molecule has 10 N–H and O–H groups in total. The number of carbonyl (C=O) groups excluding carboxylic acids is 6. The highest BCUT2D eigenvalue weighted by Gasteiger charge is 2.28. The summed E-state index contributed by atoms with van der Waals surface area (Å²) in [7, 11) is 0. The van der Waals surface area contributed by atoms with Crippen molar-refractivity contribution in [2.45, 2.75) is 51.2 Å². The van der Waals surface area contributed by atoms with E-state index in [-0.39, 0.29) is 30.9 Å². The molecule has 0 fully saturated rings. The predicted octanol–water partition coefficient (Wildman–Crippen LogP) is -1.65. The average Bonchev–Trinajstić information content (AvgIpc) is 2.98. The first-order chi connectivity index (χ1) is 20.8. The average molecular weight is 612 g/mol. The molecule has 2 rings (SSSR count). The van der Waals surface area contributed by atoms with Gasteiger partial charge in [0.1, 0.15) is 17.8 Å². The number of hydrogen-bond donors (Lipinski definition) is 8. The van der Waals surface area contributed by atoms with Crippen LogP contribution in [0.1, 0.15) is 31.4 Å². The van der Waals surface area contributed by atoms with E-state index in [2.05, 4.69) is 26.6 Å². The normalized spacial score (nSPS) is 12.7. The number of hydrogen-bond acceptors (Lipinski definition) is 8. The van der Waals surface area contributed by atoms with E-state index in [1.165, 1.54) is 12.1 Å². The van der Waals surface area contributed by atoms with E-state index in [0.717, 1.165) is 11.1 Å². The number of nitrogens with two attached hydrogens (primary N) is 2. The lowest BCUT2D eigenvalue weighted by Gasteiger charge is -2.24. The maximum absolute atomic E-state index is 13.3. The van der Waals surface area contributed by atoms with Gasteiger partial charge in [-0.15, -0.1) is 0 Å². The summed E-state index contributed by atoms with van der Waals surface area (Å²) in [4.78, 5) is 74.3. The molecule has 2 aromatic rings. The highest BCUT2D eigenvalue weighted by Crippen LogP contribution is 2.11. The van der Waals surface area contributed by atoms with Crippen molar-refractivity contribution in [3.05, 3.63) is 65.7 Å². The van der Waals surface area contributed by atoms with Gasteiger partial charge in [0.25, 0.3) is 0 Å². The molecule has 0 saturated heterocycles. The number of primary amides is 1. The topological polar surface area (TPSA) is 235 Å². The molecular weight excluding hydrogens is 570 g/mol. The predicted molar refractivity (Wildman–Crippen MR) is 161 cm³/mol. The monoisotopic (exact) mass is 611 g/mol. The van der Waals surface area contributed by atoms with Crippen LogP contribution >= 0.6 is 0 Å².